The molecule has 1 heterocycles. The molecule has 1 aromatic heterocycles. The highest BCUT2D eigenvalue weighted by molar-refractivity contribution is 7.89. The normalized spacial score (nSPS) is 11.8. The molecule has 0 aliphatic carbocycles. The third-order valence-corrected chi connectivity index (χ3v) is 5.34. The summed E-state index contributed by atoms with van der Waals surface area (Å²) in [4.78, 5) is 4.43. The van der Waals surface area contributed by atoms with Gasteiger partial charge in [-0.3, -0.25) is 4.98 Å². The molecule has 0 bridgehead atoms. The molecule has 0 N–H and O–H groups in total. The Morgan fingerprint density at radius 2 is 2.00 bits per heavy atom. The van der Waals surface area contributed by atoms with Crippen molar-refractivity contribution in [2.75, 3.05) is 13.1 Å². The van der Waals surface area contributed by atoms with Gasteiger partial charge in [0.05, 0.1) is 4.90 Å². The molecule has 0 spiro atoms. The highest BCUT2D eigenvalue weighted by atomic mass is 35.5. The van der Waals surface area contributed by atoms with E-state index in [0.29, 0.717) is 24.5 Å². The Kier molecular flexibility index (Phi) is 5.33. The summed E-state index contributed by atoms with van der Waals surface area (Å²) < 4.78 is 26.6. The highest BCUT2D eigenvalue weighted by Gasteiger charge is 2.22. The molecule has 6 heteroatoms. The zero-order chi connectivity index (χ0) is 15.3. The zero-order valence-corrected chi connectivity index (χ0v) is 13.3. The predicted octanol–water partition coefficient (Wildman–Crippen LogP) is 2.99. The van der Waals surface area contributed by atoms with Crippen molar-refractivity contribution in [1.29, 1.82) is 0 Å². The molecule has 0 aliphatic rings. The largest absolute Gasteiger partial charge is 0.261 e. The van der Waals surface area contributed by atoms with Crippen molar-refractivity contribution in [3.05, 3.63) is 59.4 Å². The van der Waals surface area contributed by atoms with Gasteiger partial charge in [0.2, 0.25) is 10.0 Å². The number of hydrogen-bond donors (Lipinski definition) is 0. The number of sulfonamides is 1. The number of hydrogen-bond acceptors (Lipinski definition) is 3. The molecule has 4 nitrogen and oxygen atoms in total. The minimum absolute atomic E-state index is 0.220. The predicted molar refractivity (Wildman–Crippen MR) is 83.8 cm³/mol. The van der Waals surface area contributed by atoms with Crippen LogP contribution < -0.4 is 0 Å². The first-order valence-electron chi connectivity index (χ1n) is 6.69. The summed E-state index contributed by atoms with van der Waals surface area (Å²) in [6.45, 7) is 2.62. The van der Waals surface area contributed by atoms with Crippen LogP contribution in [0.1, 0.15) is 12.6 Å². The van der Waals surface area contributed by atoms with Crippen LogP contribution in [0.2, 0.25) is 5.02 Å². The van der Waals surface area contributed by atoms with Gasteiger partial charge >= 0.3 is 0 Å². The molecule has 21 heavy (non-hydrogen) atoms. The van der Waals surface area contributed by atoms with Crippen LogP contribution in [0.5, 0.6) is 0 Å². The summed E-state index contributed by atoms with van der Waals surface area (Å²) in [5, 5.41) is 0.414. The molecule has 1 aromatic carbocycles. The second kappa shape index (κ2) is 7.02. The van der Waals surface area contributed by atoms with Crippen LogP contribution in [0, 0.1) is 0 Å². The number of likely N-dealkylation sites (N-methyl/N-ethyl adjacent to an activating group) is 1. The highest BCUT2D eigenvalue weighted by Crippen LogP contribution is 2.19. The van der Waals surface area contributed by atoms with E-state index in [-0.39, 0.29) is 4.90 Å². The van der Waals surface area contributed by atoms with Gasteiger partial charge in [-0.05, 0) is 30.3 Å². The average Bonchev–Trinajstić information content (AvgIpc) is 2.49. The van der Waals surface area contributed by atoms with Crippen LogP contribution in [0.3, 0.4) is 0 Å². The van der Waals surface area contributed by atoms with Crippen LogP contribution in [-0.4, -0.2) is 30.8 Å². The Morgan fingerprint density at radius 3 is 2.62 bits per heavy atom. The van der Waals surface area contributed by atoms with Crippen molar-refractivity contribution in [1.82, 2.24) is 9.29 Å². The first-order chi connectivity index (χ1) is 10.0. The maximum Gasteiger partial charge on any atom is 0.243 e. The van der Waals surface area contributed by atoms with Crippen molar-refractivity contribution < 1.29 is 8.42 Å². The van der Waals surface area contributed by atoms with Gasteiger partial charge in [-0.25, -0.2) is 8.42 Å². The smallest absolute Gasteiger partial charge is 0.243 e. The van der Waals surface area contributed by atoms with E-state index in [1.54, 1.807) is 24.4 Å². The number of benzene rings is 1. The lowest BCUT2D eigenvalue weighted by molar-refractivity contribution is 0.429. The van der Waals surface area contributed by atoms with E-state index in [1.807, 2.05) is 25.1 Å². The lowest BCUT2D eigenvalue weighted by atomic mass is 10.3. The van der Waals surface area contributed by atoms with Crippen LogP contribution >= 0.6 is 11.6 Å². The summed E-state index contributed by atoms with van der Waals surface area (Å²) in [5.74, 6) is 0. The lowest BCUT2D eigenvalue weighted by Crippen LogP contribution is -2.32. The molecule has 0 amide bonds. The van der Waals surface area contributed by atoms with E-state index in [9.17, 15) is 8.42 Å². The topological polar surface area (TPSA) is 50.3 Å². The molecule has 0 radical (unpaired) electrons. The molecule has 2 aromatic rings. The second-order valence-corrected chi connectivity index (χ2v) is 6.90. The van der Waals surface area contributed by atoms with E-state index >= 15 is 0 Å². The number of rotatable bonds is 6. The van der Waals surface area contributed by atoms with Gasteiger partial charge in [-0.2, -0.15) is 4.31 Å². The number of halogens is 1. The van der Waals surface area contributed by atoms with Gasteiger partial charge in [-0.15, -0.1) is 0 Å². The van der Waals surface area contributed by atoms with Crippen molar-refractivity contribution >= 4 is 21.6 Å². The van der Waals surface area contributed by atoms with Gasteiger partial charge in [0.15, 0.2) is 0 Å². The number of pyridine rings is 1. The van der Waals surface area contributed by atoms with E-state index < -0.39 is 10.0 Å². The maximum absolute atomic E-state index is 12.6. The fraction of sp³-hybridized carbons (Fsp3) is 0.267. The van der Waals surface area contributed by atoms with Gasteiger partial charge < -0.3 is 0 Å². The van der Waals surface area contributed by atoms with E-state index in [2.05, 4.69) is 4.98 Å². The van der Waals surface area contributed by atoms with Crippen LogP contribution in [0.4, 0.5) is 0 Å². The van der Waals surface area contributed by atoms with Crippen LogP contribution in [-0.2, 0) is 16.4 Å². The molecule has 0 saturated carbocycles. The summed E-state index contributed by atoms with van der Waals surface area (Å²) in [6, 6.07) is 11.9. The van der Waals surface area contributed by atoms with Crippen molar-refractivity contribution in [2.45, 2.75) is 18.2 Å². The average molecular weight is 325 g/mol. The molecular formula is C15H17ClN2O2S. The Morgan fingerprint density at radius 1 is 1.19 bits per heavy atom. The SMILES string of the molecule is CCN(CCc1ccccn1)S(=O)(=O)c1cccc(Cl)c1. The summed E-state index contributed by atoms with van der Waals surface area (Å²) in [7, 11) is -3.52. The monoisotopic (exact) mass is 324 g/mol. The maximum atomic E-state index is 12.6. The molecule has 0 fully saturated rings. The third-order valence-electron chi connectivity index (χ3n) is 3.13. The van der Waals surface area contributed by atoms with Crippen LogP contribution in [0.25, 0.3) is 0 Å². The third kappa shape index (κ3) is 4.03. The lowest BCUT2D eigenvalue weighted by Gasteiger charge is -2.20. The summed E-state index contributed by atoms with van der Waals surface area (Å²) >= 11 is 5.88. The Bertz CT molecular complexity index is 690. The molecule has 0 saturated heterocycles. The molecule has 0 aliphatic heterocycles. The molecule has 112 valence electrons. The Hall–Kier alpha value is -1.43. The summed E-state index contributed by atoms with van der Waals surface area (Å²) in [6.07, 6.45) is 2.28. The second-order valence-electron chi connectivity index (χ2n) is 4.53. The quantitative estimate of drug-likeness (QED) is 0.820. The van der Waals surface area contributed by atoms with Gasteiger partial charge in [-0.1, -0.05) is 30.7 Å². The molecule has 0 atom stereocenters. The fourth-order valence-electron chi connectivity index (χ4n) is 2.01. The summed E-state index contributed by atoms with van der Waals surface area (Å²) in [5.41, 5.74) is 0.872. The number of nitrogens with zero attached hydrogens (tertiary/aromatic N) is 2. The Balaban J connectivity index is 2.16. The van der Waals surface area contributed by atoms with Crippen LogP contribution in [0.15, 0.2) is 53.6 Å². The fourth-order valence-corrected chi connectivity index (χ4v) is 3.76. The van der Waals surface area contributed by atoms with Gasteiger partial charge in [0, 0.05) is 36.4 Å². The Labute approximate surface area is 130 Å². The van der Waals surface area contributed by atoms with Crippen molar-refractivity contribution in [2.24, 2.45) is 0 Å². The van der Waals surface area contributed by atoms with Gasteiger partial charge in [0.1, 0.15) is 0 Å². The van der Waals surface area contributed by atoms with E-state index in [4.69, 9.17) is 11.6 Å². The van der Waals surface area contributed by atoms with Gasteiger partial charge in [0.25, 0.3) is 0 Å². The molecular weight excluding hydrogens is 308 g/mol. The van der Waals surface area contributed by atoms with Crippen molar-refractivity contribution in [3.8, 4) is 0 Å². The number of aromatic nitrogens is 1. The first kappa shape index (κ1) is 15.9. The minimum Gasteiger partial charge on any atom is -0.261 e. The van der Waals surface area contributed by atoms with Crippen molar-refractivity contribution in [3.63, 3.8) is 0 Å². The first-order valence-corrected chi connectivity index (χ1v) is 8.51. The standard InChI is InChI=1S/C15H17ClN2O2S/c1-2-18(11-9-14-7-3-4-10-17-14)21(19,20)15-8-5-6-13(16)12-15/h3-8,10,12H,2,9,11H2,1H3. The molecule has 2 rings (SSSR count). The van der Waals surface area contributed by atoms with E-state index in [1.165, 1.54) is 10.4 Å². The molecule has 0 unspecified atom stereocenters. The zero-order valence-electron chi connectivity index (χ0n) is 11.7. The van der Waals surface area contributed by atoms with E-state index in [0.717, 1.165) is 5.69 Å². The minimum atomic E-state index is -3.52.